The molecule has 4 aromatic rings. The number of halogens is 2. The van der Waals surface area contributed by atoms with Crippen molar-refractivity contribution in [2.75, 3.05) is 13.2 Å². The Balaban J connectivity index is 1.20. The predicted octanol–water partition coefficient (Wildman–Crippen LogP) is 10.0. The molecule has 0 aliphatic heterocycles. The number of benzene rings is 4. The first-order valence-electron chi connectivity index (χ1n) is 19.1. The van der Waals surface area contributed by atoms with Gasteiger partial charge in [-0.05, 0) is 117 Å². The highest BCUT2D eigenvalue weighted by Crippen LogP contribution is 2.47. The Labute approximate surface area is 331 Å². The van der Waals surface area contributed by atoms with Crippen LogP contribution in [0.1, 0.15) is 96.6 Å². The zero-order valence-corrected chi connectivity index (χ0v) is 31.9. The van der Waals surface area contributed by atoms with Gasteiger partial charge in [0.25, 0.3) is 0 Å². The smallest absolute Gasteiger partial charge is 0.346 e. The number of carbonyl (C=O) groups is 4. The van der Waals surface area contributed by atoms with E-state index in [1.165, 1.54) is 24.3 Å². The van der Waals surface area contributed by atoms with Crippen LogP contribution < -0.4 is 18.9 Å². The molecule has 0 bridgehead atoms. The molecule has 0 unspecified atom stereocenters. The number of hydrogen-bond donors (Lipinski definition) is 0. The van der Waals surface area contributed by atoms with Crippen molar-refractivity contribution in [2.45, 2.75) is 70.1 Å². The molecule has 298 valence electrons. The first-order valence-corrected chi connectivity index (χ1v) is 19.1. The lowest BCUT2D eigenvalue weighted by atomic mass is 9.63. The zero-order valence-electron chi connectivity index (χ0n) is 31.9. The van der Waals surface area contributed by atoms with Crippen LogP contribution in [0, 0.1) is 17.6 Å². The van der Waals surface area contributed by atoms with Gasteiger partial charge in [0.05, 0.1) is 24.3 Å². The van der Waals surface area contributed by atoms with Crippen LogP contribution in [0.25, 0.3) is 0 Å². The first kappa shape index (κ1) is 42.1. The van der Waals surface area contributed by atoms with E-state index in [1.54, 1.807) is 24.3 Å². The number of ether oxygens (including phenoxy) is 5. The number of hydrogen-bond acceptors (Lipinski definition) is 9. The number of esters is 4. The molecule has 0 amide bonds. The van der Waals surface area contributed by atoms with E-state index in [0.29, 0.717) is 24.9 Å². The van der Waals surface area contributed by atoms with Gasteiger partial charge in [0, 0.05) is 29.7 Å². The van der Waals surface area contributed by atoms with Gasteiger partial charge >= 0.3 is 23.9 Å². The summed E-state index contributed by atoms with van der Waals surface area (Å²) in [5, 5.41) is 0. The Morgan fingerprint density at radius 1 is 0.632 bits per heavy atom. The third-order valence-corrected chi connectivity index (χ3v) is 10.2. The largest absolute Gasteiger partial charge is 0.493 e. The third kappa shape index (κ3) is 11.2. The summed E-state index contributed by atoms with van der Waals surface area (Å²) in [6.45, 7) is 9.55. The van der Waals surface area contributed by atoms with Gasteiger partial charge in [0.2, 0.25) is 0 Å². The predicted molar refractivity (Wildman–Crippen MR) is 210 cm³/mol. The summed E-state index contributed by atoms with van der Waals surface area (Å²) in [5.41, 5.74) is 1.12. The van der Waals surface area contributed by atoms with Gasteiger partial charge in [0.15, 0.2) is 0 Å². The van der Waals surface area contributed by atoms with Crippen molar-refractivity contribution in [3.63, 3.8) is 0 Å². The van der Waals surface area contributed by atoms with Crippen LogP contribution in [0.15, 0.2) is 110 Å². The van der Waals surface area contributed by atoms with E-state index in [-0.39, 0.29) is 33.8 Å². The fraction of sp³-hybridized carbons (Fsp3) is 0.304. The van der Waals surface area contributed by atoms with Gasteiger partial charge in [-0.15, -0.1) is 0 Å². The average molecular weight is 781 g/mol. The molecule has 4 aromatic carbocycles. The molecule has 0 spiro atoms. The lowest BCUT2D eigenvalue weighted by Crippen LogP contribution is -2.33. The van der Waals surface area contributed by atoms with Gasteiger partial charge in [0.1, 0.15) is 34.6 Å². The Morgan fingerprint density at radius 3 is 1.60 bits per heavy atom. The second kappa shape index (κ2) is 20.2. The maximum Gasteiger partial charge on any atom is 0.346 e. The van der Waals surface area contributed by atoms with Crippen LogP contribution in [-0.2, 0) is 19.7 Å². The van der Waals surface area contributed by atoms with E-state index >= 15 is 0 Å². The third-order valence-electron chi connectivity index (χ3n) is 10.2. The number of unbranched alkanes of at least 4 members (excludes halogenated alkanes) is 3. The Hall–Kier alpha value is -6.10. The lowest BCUT2D eigenvalue weighted by molar-refractivity contribution is -0.137. The van der Waals surface area contributed by atoms with Gasteiger partial charge in [-0.2, -0.15) is 0 Å². The molecule has 1 aliphatic rings. The summed E-state index contributed by atoms with van der Waals surface area (Å²) in [7, 11) is 0. The summed E-state index contributed by atoms with van der Waals surface area (Å²) >= 11 is 0. The van der Waals surface area contributed by atoms with Crippen molar-refractivity contribution in [1.82, 2.24) is 0 Å². The second-order valence-corrected chi connectivity index (χ2v) is 13.8. The Morgan fingerprint density at radius 2 is 1.11 bits per heavy atom. The van der Waals surface area contributed by atoms with Crippen LogP contribution in [-0.4, -0.2) is 37.1 Å². The molecule has 9 nitrogen and oxygen atoms in total. The molecular formula is C46H46F2O9. The molecule has 0 aromatic heterocycles. The SMILES string of the molecule is C=CC(=O)OCCCCCCOc1ccc(C(=O)Oc2ccc(C3(c4ccc(OC(=O)c5ccc(OC(=O)C=C)cc5F)cc4)CCC(CC)CC3)cc2)c(F)c1. The van der Waals surface area contributed by atoms with Crippen LogP contribution in [0.5, 0.6) is 23.0 Å². The standard InChI is InChI=1S/C46H46F2O9/c1-4-31-23-25-46(26-24-31,33-13-17-35(18-14-33)57-45(52)39-22-20-37(30-41(39)48)55-43(50)6-3)32-11-15-34(16-12-32)56-44(51)38-21-19-36(29-40(38)47)53-27-9-7-8-10-28-54-42(49)5-2/h5-6,11-22,29-31H,2-4,7-10,23-28H2,1H3. The van der Waals surface area contributed by atoms with E-state index in [4.69, 9.17) is 23.7 Å². The van der Waals surface area contributed by atoms with Crippen LogP contribution in [0.2, 0.25) is 0 Å². The Bertz CT molecular complexity index is 2050. The number of carbonyl (C=O) groups excluding carboxylic acids is 4. The van der Waals surface area contributed by atoms with Crippen LogP contribution in [0.3, 0.4) is 0 Å². The molecule has 0 heterocycles. The van der Waals surface area contributed by atoms with Crippen molar-refractivity contribution in [3.8, 4) is 23.0 Å². The lowest BCUT2D eigenvalue weighted by Gasteiger charge is -2.41. The van der Waals surface area contributed by atoms with Crippen molar-refractivity contribution in [1.29, 1.82) is 0 Å². The summed E-state index contributed by atoms with van der Waals surface area (Å²) in [6, 6.07) is 21.8. The summed E-state index contributed by atoms with van der Waals surface area (Å²) in [4.78, 5) is 48.3. The molecule has 11 heteroatoms. The first-order chi connectivity index (χ1) is 27.5. The van der Waals surface area contributed by atoms with E-state index < -0.39 is 35.5 Å². The summed E-state index contributed by atoms with van der Waals surface area (Å²) < 4.78 is 56.3. The maximum atomic E-state index is 15.0. The van der Waals surface area contributed by atoms with Gasteiger partial charge in [-0.1, -0.05) is 50.8 Å². The molecule has 0 atom stereocenters. The van der Waals surface area contributed by atoms with E-state index in [0.717, 1.165) is 93.2 Å². The zero-order chi connectivity index (χ0) is 40.8. The quantitative estimate of drug-likeness (QED) is 0.0421. The highest BCUT2D eigenvalue weighted by atomic mass is 19.1. The highest BCUT2D eigenvalue weighted by Gasteiger charge is 2.38. The van der Waals surface area contributed by atoms with Crippen molar-refractivity contribution >= 4 is 23.9 Å². The molecule has 0 N–H and O–H groups in total. The fourth-order valence-electron chi connectivity index (χ4n) is 6.94. The molecule has 57 heavy (non-hydrogen) atoms. The topological polar surface area (TPSA) is 114 Å². The van der Waals surface area contributed by atoms with E-state index in [1.807, 2.05) is 24.3 Å². The van der Waals surface area contributed by atoms with E-state index in [9.17, 15) is 28.0 Å². The summed E-state index contributed by atoms with van der Waals surface area (Å²) in [6.07, 6.45) is 10.1. The van der Waals surface area contributed by atoms with Crippen molar-refractivity contribution in [2.24, 2.45) is 5.92 Å². The highest BCUT2D eigenvalue weighted by molar-refractivity contribution is 5.92. The average Bonchev–Trinajstić information content (AvgIpc) is 3.22. The van der Waals surface area contributed by atoms with E-state index in [2.05, 4.69) is 20.1 Å². The molecular weight excluding hydrogens is 734 g/mol. The Kier molecular flexibility index (Phi) is 14.9. The molecule has 1 fully saturated rings. The van der Waals surface area contributed by atoms with Gasteiger partial charge in [-0.25, -0.2) is 28.0 Å². The molecule has 0 saturated heterocycles. The van der Waals surface area contributed by atoms with Crippen LogP contribution >= 0.6 is 0 Å². The van der Waals surface area contributed by atoms with Crippen molar-refractivity contribution < 1.29 is 51.6 Å². The maximum absolute atomic E-state index is 15.0. The minimum atomic E-state index is -0.903. The number of rotatable bonds is 18. The monoisotopic (exact) mass is 780 g/mol. The molecule has 0 radical (unpaired) electrons. The summed E-state index contributed by atoms with van der Waals surface area (Å²) in [5.74, 6) is -3.26. The van der Waals surface area contributed by atoms with Gasteiger partial charge < -0.3 is 23.7 Å². The minimum absolute atomic E-state index is 0.0686. The fourth-order valence-corrected chi connectivity index (χ4v) is 6.94. The van der Waals surface area contributed by atoms with Crippen LogP contribution in [0.4, 0.5) is 8.78 Å². The van der Waals surface area contributed by atoms with Gasteiger partial charge in [-0.3, -0.25) is 0 Å². The second-order valence-electron chi connectivity index (χ2n) is 13.8. The molecule has 1 saturated carbocycles. The molecule has 1 aliphatic carbocycles. The molecule has 5 rings (SSSR count). The van der Waals surface area contributed by atoms with Crippen molar-refractivity contribution in [3.05, 3.63) is 144 Å². The normalized spacial score (nSPS) is 16.2. The minimum Gasteiger partial charge on any atom is -0.493 e.